The highest BCUT2D eigenvalue weighted by molar-refractivity contribution is 6.38. The van der Waals surface area contributed by atoms with E-state index >= 15 is 0 Å². The lowest BCUT2D eigenvalue weighted by molar-refractivity contribution is -0.0501. The van der Waals surface area contributed by atoms with Gasteiger partial charge in [0.25, 0.3) is 0 Å². The molecular weight excluding hydrogens is 437 g/mol. The topological polar surface area (TPSA) is 164 Å². The van der Waals surface area contributed by atoms with Crippen molar-refractivity contribution in [2.45, 2.75) is 24.5 Å². The third kappa shape index (κ3) is 3.55. The molecule has 11 nitrogen and oxygen atoms in total. The van der Waals surface area contributed by atoms with Crippen LogP contribution in [-0.4, -0.2) is 66.0 Å². The van der Waals surface area contributed by atoms with E-state index in [1.807, 2.05) is 0 Å². The molecule has 0 spiro atoms. The van der Waals surface area contributed by atoms with E-state index in [0.29, 0.717) is 15.6 Å². The summed E-state index contributed by atoms with van der Waals surface area (Å²) >= 11 is 12.3. The molecule has 1 aliphatic rings. The van der Waals surface area contributed by atoms with Crippen molar-refractivity contribution in [2.75, 3.05) is 17.8 Å². The zero-order valence-corrected chi connectivity index (χ0v) is 16.7. The molecule has 0 saturated carbocycles. The molecule has 0 amide bonds. The average Bonchev–Trinajstić information content (AvgIpc) is 3.22. The molecule has 1 fully saturated rings. The number of halogens is 2. The Labute approximate surface area is 179 Å². The van der Waals surface area contributed by atoms with Gasteiger partial charge < -0.3 is 25.8 Å². The minimum atomic E-state index is -1.36. The number of benzene rings is 1. The molecule has 4 atom stereocenters. The fraction of sp³-hybridized carbons (Fsp3) is 0.294. The van der Waals surface area contributed by atoms with Crippen LogP contribution in [0.1, 0.15) is 11.8 Å². The number of nitrogen functional groups attached to an aromatic ring is 1. The third-order valence-corrected chi connectivity index (χ3v) is 5.29. The summed E-state index contributed by atoms with van der Waals surface area (Å²) in [7, 11) is 0. The van der Waals surface area contributed by atoms with Gasteiger partial charge in [0.2, 0.25) is 5.95 Å². The monoisotopic (exact) mass is 453 g/mol. The number of imidazole rings is 1. The molecule has 3 aromatic rings. The van der Waals surface area contributed by atoms with Crippen LogP contribution in [0.5, 0.6) is 0 Å². The first-order valence-electron chi connectivity index (χ1n) is 8.76. The lowest BCUT2D eigenvalue weighted by Crippen LogP contribution is -2.33. The normalized spacial score (nSPS) is 24.2. The fourth-order valence-electron chi connectivity index (χ4n) is 3.13. The highest BCUT2D eigenvalue weighted by Crippen LogP contribution is 2.35. The number of anilines is 2. The fourth-order valence-corrected chi connectivity index (χ4v) is 3.62. The molecule has 2 aromatic heterocycles. The predicted octanol–water partition coefficient (Wildman–Crippen LogP) is 0.773. The number of aliphatic hydroxyl groups excluding tert-OH is 3. The van der Waals surface area contributed by atoms with Crippen LogP contribution in [0.15, 0.2) is 29.6 Å². The maximum absolute atomic E-state index is 10.4. The van der Waals surface area contributed by atoms with E-state index in [4.69, 9.17) is 33.7 Å². The lowest BCUT2D eigenvalue weighted by Gasteiger charge is -2.18. The zero-order chi connectivity index (χ0) is 21.4. The van der Waals surface area contributed by atoms with Crippen LogP contribution in [0.2, 0.25) is 10.0 Å². The van der Waals surface area contributed by atoms with Crippen molar-refractivity contribution in [1.29, 1.82) is 0 Å². The molecular formula is C17H17Cl2N7O4. The Balaban J connectivity index is 1.74. The number of aromatic nitrogens is 4. The molecule has 0 aliphatic carbocycles. The quantitative estimate of drug-likeness (QED) is 0.277. The Hall–Kier alpha value is -2.54. The Bertz CT molecular complexity index is 1090. The van der Waals surface area contributed by atoms with E-state index in [1.165, 1.54) is 17.1 Å². The van der Waals surface area contributed by atoms with E-state index in [-0.39, 0.29) is 22.9 Å². The van der Waals surface area contributed by atoms with Crippen molar-refractivity contribution in [2.24, 2.45) is 5.10 Å². The summed E-state index contributed by atoms with van der Waals surface area (Å²) in [4.78, 5) is 12.4. The summed E-state index contributed by atoms with van der Waals surface area (Å²) < 4.78 is 6.99. The predicted molar refractivity (Wildman–Crippen MR) is 110 cm³/mol. The van der Waals surface area contributed by atoms with Gasteiger partial charge in [-0.15, -0.1) is 0 Å². The van der Waals surface area contributed by atoms with Gasteiger partial charge in [0, 0.05) is 5.56 Å². The molecule has 0 unspecified atom stereocenters. The van der Waals surface area contributed by atoms with Crippen LogP contribution in [0.3, 0.4) is 0 Å². The molecule has 0 bridgehead atoms. The van der Waals surface area contributed by atoms with Crippen LogP contribution in [0, 0.1) is 0 Å². The summed E-state index contributed by atoms with van der Waals surface area (Å²) in [5.74, 6) is 0.207. The second-order valence-corrected chi connectivity index (χ2v) is 7.29. The first-order valence-corrected chi connectivity index (χ1v) is 9.52. The van der Waals surface area contributed by atoms with Crippen molar-refractivity contribution in [3.63, 3.8) is 0 Å². The van der Waals surface area contributed by atoms with Crippen LogP contribution in [-0.2, 0) is 4.74 Å². The number of nitrogens with one attached hydrogen (secondary N) is 1. The van der Waals surface area contributed by atoms with Gasteiger partial charge >= 0.3 is 0 Å². The molecule has 3 heterocycles. The van der Waals surface area contributed by atoms with Gasteiger partial charge in [-0.05, 0) is 12.1 Å². The lowest BCUT2D eigenvalue weighted by atomic mass is 10.1. The van der Waals surface area contributed by atoms with Gasteiger partial charge in [-0.2, -0.15) is 5.10 Å². The molecule has 158 valence electrons. The molecule has 6 N–H and O–H groups in total. The van der Waals surface area contributed by atoms with Crippen molar-refractivity contribution >= 4 is 52.3 Å². The maximum atomic E-state index is 10.4. The second kappa shape index (κ2) is 8.30. The summed E-state index contributed by atoms with van der Waals surface area (Å²) in [6.07, 6.45) is -2.14. The number of rotatable bonds is 5. The minimum absolute atomic E-state index is 0.103. The minimum Gasteiger partial charge on any atom is -0.394 e. The highest BCUT2D eigenvalue weighted by Gasteiger charge is 2.45. The number of hydrogen-bond acceptors (Lipinski definition) is 10. The van der Waals surface area contributed by atoms with Crippen LogP contribution in [0.4, 0.5) is 11.8 Å². The summed E-state index contributed by atoms with van der Waals surface area (Å²) in [6, 6.07) is 5.04. The van der Waals surface area contributed by atoms with Gasteiger partial charge in [-0.25, -0.2) is 20.4 Å². The van der Waals surface area contributed by atoms with Crippen molar-refractivity contribution in [3.05, 3.63) is 40.1 Å². The highest BCUT2D eigenvalue weighted by atomic mass is 35.5. The van der Waals surface area contributed by atoms with Crippen LogP contribution < -0.4 is 11.2 Å². The third-order valence-electron chi connectivity index (χ3n) is 4.63. The summed E-state index contributed by atoms with van der Waals surface area (Å²) in [5.41, 5.74) is 9.58. The number of hydrogen-bond donors (Lipinski definition) is 5. The number of hydrazone groups is 1. The molecule has 30 heavy (non-hydrogen) atoms. The Kier molecular flexibility index (Phi) is 5.73. The summed E-state index contributed by atoms with van der Waals surface area (Å²) in [6.45, 7) is -0.482. The first-order chi connectivity index (χ1) is 14.4. The van der Waals surface area contributed by atoms with Gasteiger partial charge in [-0.3, -0.25) is 4.57 Å². The van der Waals surface area contributed by atoms with E-state index < -0.39 is 31.1 Å². The number of nitrogens with zero attached hydrogens (tertiary/aromatic N) is 5. The summed E-state index contributed by atoms with van der Waals surface area (Å²) in [5, 5.41) is 34.9. The molecule has 4 rings (SSSR count). The van der Waals surface area contributed by atoms with Gasteiger partial charge in [-0.1, -0.05) is 29.3 Å². The average molecular weight is 454 g/mol. The van der Waals surface area contributed by atoms with E-state index in [0.717, 1.165) is 0 Å². The molecule has 1 saturated heterocycles. The number of aliphatic hydroxyl groups is 3. The number of ether oxygens (including phenoxy) is 1. The molecule has 13 heteroatoms. The largest absolute Gasteiger partial charge is 0.394 e. The van der Waals surface area contributed by atoms with Crippen LogP contribution in [0.25, 0.3) is 11.2 Å². The second-order valence-electron chi connectivity index (χ2n) is 6.47. The molecule has 1 aromatic carbocycles. The standard InChI is InChI=1S/C17H17Cl2N7O4/c18-8-2-1-3-9(19)7(8)4-23-25-17-24-11-14(20)21-6-22-15(11)26(17)16-13(29)12(28)10(5-27)30-16/h1-4,6,10,12-13,16,27-29H,5H2,(H,24,25)(H2,20,21,22)/t10-,12-,13-,16-/m0/s1. The van der Waals surface area contributed by atoms with E-state index in [1.54, 1.807) is 18.2 Å². The SMILES string of the molecule is Nc1ncnc2c1nc(NN=Cc1c(Cl)cccc1Cl)n2[C@H]1O[C@@H](CO)[C@H](O)[C@@H]1O. The van der Waals surface area contributed by atoms with E-state index in [9.17, 15) is 15.3 Å². The molecule has 0 radical (unpaired) electrons. The first kappa shape index (κ1) is 20.7. The van der Waals surface area contributed by atoms with Gasteiger partial charge in [0.05, 0.1) is 22.9 Å². The van der Waals surface area contributed by atoms with Crippen molar-refractivity contribution in [3.8, 4) is 0 Å². The van der Waals surface area contributed by atoms with E-state index in [2.05, 4.69) is 25.5 Å². The zero-order valence-electron chi connectivity index (χ0n) is 15.2. The smallest absolute Gasteiger partial charge is 0.228 e. The Morgan fingerprint density at radius 1 is 1.23 bits per heavy atom. The Morgan fingerprint density at radius 2 is 1.97 bits per heavy atom. The van der Waals surface area contributed by atoms with Crippen molar-refractivity contribution < 1.29 is 20.1 Å². The molecule has 1 aliphatic heterocycles. The van der Waals surface area contributed by atoms with Gasteiger partial charge in [0.1, 0.15) is 24.6 Å². The van der Waals surface area contributed by atoms with Gasteiger partial charge in [0.15, 0.2) is 23.2 Å². The van der Waals surface area contributed by atoms with Crippen molar-refractivity contribution in [1.82, 2.24) is 19.5 Å². The maximum Gasteiger partial charge on any atom is 0.228 e. The Morgan fingerprint density at radius 3 is 2.63 bits per heavy atom. The number of fused-ring (bicyclic) bond motifs is 1. The van der Waals surface area contributed by atoms with Crippen LogP contribution >= 0.6 is 23.2 Å². The number of nitrogens with two attached hydrogens (primary N) is 1.